The third kappa shape index (κ3) is 9.64. The van der Waals surface area contributed by atoms with E-state index in [0.29, 0.717) is 6.42 Å². The fourth-order valence-electron chi connectivity index (χ4n) is 8.72. The monoisotopic (exact) mass is 765 g/mol. The minimum absolute atomic E-state index is 0.0516. The molecule has 0 aromatic heterocycles. The molecule has 8 unspecified atom stereocenters. The fraction of sp³-hybridized carbons (Fsp3) is 0.949. The molecule has 0 aromatic carbocycles. The van der Waals surface area contributed by atoms with E-state index in [-0.39, 0.29) is 25.4 Å². The number of aliphatic hydroxyl groups is 3. The van der Waals surface area contributed by atoms with Gasteiger partial charge in [-0.3, -0.25) is 9.59 Å². The van der Waals surface area contributed by atoms with Crippen LogP contribution in [0.3, 0.4) is 0 Å². The minimum atomic E-state index is -3.01. The van der Waals surface area contributed by atoms with Crippen molar-refractivity contribution in [3.05, 3.63) is 0 Å². The second-order valence-electron chi connectivity index (χ2n) is 16.7. The first kappa shape index (κ1) is 41.3. The number of rotatable bonds is 9. The van der Waals surface area contributed by atoms with Crippen LogP contribution < -0.4 is 0 Å². The van der Waals surface area contributed by atoms with Crippen molar-refractivity contribution >= 4 is 11.8 Å². The summed E-state index contributed by atoms with van der Waals surface area (Å²) >= 11 is 0. The van der Waals surface area contributed by atoms with E-state index in [2.05, 4.69) is 0 Å². The Morgan fingerprint density at radius 3 is 2.06 bits per heavy atom. The molecule has 3 N–H and O–H groups in total. The fourth-order valence-corrected chi connectivity index (χ4v) is 8.72. The molecule has 18 atom stereocenters. The lowest BCUT2D eigenvalue weighted by Gasteiger charge is -2.50. The lowest BCUT2D eigenvalue weighted by molar-refractivity contribution is -0.319. The van der Waals surface area contributed by atoms with Crippen molar-refractivity contribution in [1.82, 2.24) is 4.90 Å². The summed E-state index contributed by atoms with van der Waals surface area (Å²) in [6, 6.07) is -0.396. The smallest absolute Gasteiger partial charge is 0.311 e. The summed E-state index contributed by atoms with van der Waals surface area (Å²) in [5.41, 5.74) is -4.47. The number of methoxy groups -OCH3 is 3. The number of esters is 1. The number of nitrogens with zero attached hydrogens (tertiary/aromatic N) is 1. The largest absolute Gasteiger partial charge is 0.459 e. The summed E-state index contributed by atoms with van der Waals surface area (Å²) in [5, 5.41) is 34.4. The molecular formula is C39H71NO13. The summed E-state index contributed by atoms with van der Waals surface area (Å²) in [4.78, 5) is 30.5. The second-order valence-corrected chi connectivity index (χ2v) is 16.7. The van der Waals surface area contributed by atoms with Gasteiger partial charge in [0, 0.05) is 51.5 Å². The standard InChI is InChI=1S/C39H71NO13/c1-16-27-39(10,48-15)32(43)22(4)29(41)20(2)18-38(9,47-14)34(53-36-30(42)26(40(11)12)17-21(3)49-36)23(5)31(24(6)35(45)51-27)52-28-19-37(8,46-13)33(44)25(7)50-28/h20-28,30-34,36,42-44H,16-19H2,1-15H3/t20-,21?,22+,23+,24-,25?,26?,27-,28?,30?,31+,32-,33?,34-,36?,37?,38-,39-/m1/s1/i14D3. The van der Waals surface area contributed by atoms with Crippen molar-refractivity contribution in [2.75, 3.05) is 35.4 Å². The topological polar surface area (TPSA) is 172 Å². The minimum Gasteiger partial charge on any atom is -0.459 e. The Kier molecular flexibility index (Phi) is 14.3. The van der Waals surface area contributed by atoms with Gasteiger partial charge in [-0.15, -0.1) is 0 Å². The maximum atomic E-state index is 14.4. The molecule has 0 bridgehead atoms. The highest BCUT2D eigenvalue weighted by molar-refractivity contribution is 5.83. The van der Waals surface area contributed by atoms with Gasteiger partial charge >= 0.3 is 5.97 Å². The quantitative estimate of drug-likeness (QED) is 0.293. The van der Waals surface area contributed by atoms with Gasteiger partial charge in [0.2, 0.25) is 0 Å². The number of aliphatic hydroxyl groups excluding tert-OH is 3. The molecule has 310 valence electrons. The van der Waals surface area contributed by atoms with Gasteiger partial charge in [-0.05, 0) is 74.9 Å². The second kappa shape index (κ2) is 18.3. The first-order valence-corrected chi connectivity index (χ1v) is 19.1. The zero-order valence-electron chi connectivity index (χ0n) is 37.4. The highest BCUT2D eigenvalue weighted by atomic mass is 16.7. The lowest BCUT2D eigenvalue weighted by Crippen LogP contribution is -2.61. The molecule has 0 spiro atoms. The van der Waals surface area contributed by atoms with Crippen LogP contribution in [0.4, 0.5) is 0 Å². The van der Waals surface area contributed by atoms with Gasteiger partial charge in [0.15, 0.2) is 12.6 Å². The van der Waals surface area contributed by atoms with Crippen molar-refractivity contribution in [3.8, 4) is 0 Å². The maximum Gasteiger partial charge on any atom is 0.311 e. The molecule has 53 heavy (non-hydrogen) atoms. The van der Waals surface area contributed by atoms with E-state index >= 15 is 0 Å². The van der Waals surface area contributed by atoms with Gasteiger partial charge < -0.3 is 58.1 Å². The summed E-state index contributed by atoms with van der Waals surface area (Å²) < 4.78 is 74.4. The maximum absolute atomic E-state index is 14.4. The molecule has 3 saturated heterocycles. The van der Waals surface area contributed by atoms with E-state index < -0.39 is 121 Å². The number of likely N-dealkylation sites (N-methyl/N-ethyl adjacent to an activating group) is 1. The molecule has 3 rings (SSSR count). The van der Waals surface area contributed by atoms with Crippen LogP contribution in [0.2, 0.25) is 0 Å². The van der Waals surface area contributed by atoms with Crippen LogP contribution in [-0.2, 0) is 47.5 Å². The zero-order chi connectivity index (χ0) is 42.9. The molecule has 3 heterocycles. The molecule has 0 aliphatic carbocycles. The highest BCUT2D eigenvalue weighted by Crippen LogP contribution is 2.42. The van der Waals surface area contributed by atoms with Crippen molar-refractivity contribution in [3.63, 3.8) is 0 Å². The Morgan fingerprint density at radius 2 is 1.51 bits per heavy atom. The first-order chi connectivity index (χ1) is 25.7. The molecule has 3 fully saturated rings. The Balaban J connectivity index is 2.33. The van der Waals surface area contributed by atoms with Crippen LogP contribution in [0.15, 0.2) is 0 Å². The summed E-state index contributed by atoms with van der Waals surface area (Å²) in [5.74, 6) is -5.18. The van der Waals surface area contributed by atoms with Gasteiger partial charge in [0.05, 0.1) is 51.8 Å². The molecule has 3 aliphatic heterocycles. The molecule has 0 aromatic rings. The van der Waals surface area contributed by atoms with Crippen molar-refractivity contribution in [2.45, 2.75) is 179 Å². The van der Waals surface area contributed by atoms with Gasteiger partial charge in [-0.2, -0.15) is 0 Å². The first-order valence-electron chi connectivity index (χ1n) is 20.6. The van der Waals surface area contributed by atoms with Gasteiger partial charge in [0.1, 0.15) is 29.7 Å². The van der Waals surface area contributed by atoms with E-state index in [0.717, 1.165) is 0 Å². The van der Waals surface area contributed by atoms with Crippen LogP contribution in [0, 0.1) is 23.7 Å². The number of carbonyl (C=O) groups excluding carboxylic acids is 2. The van der Waals surface area contributed by atoms with Crippen LogP contribution in [0.25, 0.3) is 0 Å². The molecule has 0 amide bonds. The van der Waals surface area contributed by atoms with Gasteiger partial charge in [-0.25, -0.2) is 0 Å². The normalized spacial score (nSPS) is 49.4. The number of ether oxygens (including phenoxy) is 8. The highest BCUT2D eigenvalue weighted by Gasteiger charge is 2.54. The molecule has 0 saturated carbocycles. The van der Waals surface area contributed by atoms with E-state index in [1.54, 1.807) is 55.4 Å². The van der Waals surface area contributed by atoms with Crippen molar-refractivity contribution in [2.24, 2.45) is 23.7 Å². The molecule has 0 radical (unpaired) electrons. The Labute approximate surface area is 321 Å². The number of hydrogen-bond donors (Lipinski definition) is 3. The number of Topliss-reactive ketones (excluding diaryl/α,β-unsaturated/α-hetero) is 1. The summed E-state index contributed by atoms with van der Waals surface area (Å²) in [7, 11) is 3.47. The van der Waals surface area contributed by atoms with Gasteiger partial charge in [0.25, 0.3) is 0 Å². The number of carbonyl (C=O) groups is 2. The SMILES string of the molecule is [2H]C([2H])([2H])O[C@]1(C)C[C@@H](C)C(=O)[C@H](C)[C@@H](O)[C@](C)(OC)[C@@H](CC)OC(=O)[C@H](C)[C@@H](OC2CC(C)(OC)C(O)C(C)O2)[C@H](C)[C@H]1OC1OC(C)CC(N(C)C)C1O. The van der Waals surface area contributed by atoms with E-state index in [9.17, 15) is 24.9 Å². The number of cyclic esters (lactones) is 1. The van der Waals surface area contributed by atoms with Crippen LogP contribution in [-0.4, -0.2) is 152 Å². The Hall–Kier alpha value is -1.30. The van der Waals surface area contributed by atoms with Crippen LogP contribution in [0.5, 0.6) is 0 Å². The Morgan fingerprint density at radius 1 is 0.868 bits per heavy atom. The Bertz CT molecular complexity index is 1310. The van der Waals surface area contributed by atoms with E-state index in [1.807, 2.05) is 25.9 Å². The van der Waals surface area contributed by atoms with E-state index in [1.165, 1.54) is 21.1 Å². The summed E-state index contributed by atoms with van der Waals surface area (Å²) in [6.45, 7) is 16.6. The average Bonchev–Trinajstić information content (AvgIpc) is 3.11. The average molecular weight is 765 g/mol. The molecule has 14 nitrogen and oxygen atoms in total. The third-order valence-corrected chi connectivity index (χ3v) is 12.5. The molecule has 14 heteroatoms. The van der Waals surface area contributed by atoms with Crippen molar-refractivity contribution in [1.29, 1.82) is 0 Å². The zero-order valence-corrected chi connectivity index (χ0v) is 34.4. The predicted molar refractivity (Wildman–Crippen MR) is 196 cm³/mol. The van der Waals surface area contributed by atoms with Crippen molar-refractivity contribution < 1.29 is 66.9 Å². The number of ketones is 1. The predicted octanol–water partition coefficient (Wildman–Crippen LogP) is 3.09. The van der Waals surface area contributed by atoms with Crippen LogP contribution in [0.1, 0.15) is 99.0 Å². The number of hydrogen-bond acceptors (Lipinski definition) is 14. The van der Waals surface area contributed by atoms with Crippen LogP contribution >= 0.6 is 0 Å². The van der Waals surface area contributed by atoms with E-state index in [4.69, 9.17) is 42.0 Å². The molecular weight excluding hydrogens is 690 g/mol. The lowest BCUT2D eigenvalue weighted by atomic mass is 9.73. The summed E-state index contributed by atoms with van der Waals surface area (Å²) in [6.07, 6.45) is -10.1. The molecule has 3 aliphatic rings. The third-order valence-electron chi connectivity index (χ3n) is 12.5. The van der Waals surface area contributed by atoms with Gasteiger partial charge in [-0.1, -0.05) is 27.7 Å².